The van der Waals surface area contributed by atoms with Crippen molar-refractivity contribution in [3.8, 4) is 6.07 Å². The van der Waals surface area contributed by atoms with Crippen LogP contribution in [-0.4, -0.2) is 12.6 Å². The summed E-state index contributed by atoms with van der Waals surface area (Å²) in [6, 6.07) is 15.4. The Hall–Kier alpha value is -1.85. The molecule has 0 radical (unpaired) electrons. The number of nitriles is 1. The maximum Gasteiger partial charge on any atom is 0.0991 e. The van der Waals surface area contributed by atoms with Gasteiger partial charge in [-0.3, -0.25) is 0 Å². The lowest BCUT2D eigenvalue weighted by Gasteiger charge is -2.10. The summed E-state index contributed by atoms with van der Waals surface area (Å²) in [5, 5.41) is 14.8. The molecule has 1 aliphatic rings. The van der Waals surface area contributed by atoms with Crippen molar-refractivity contribution in [1.82, 2.24) is 5.32 Å². The van der Waals surface area contributed by atoms with Gasteiger partial charge in [0.15, 0.2) is 0 Å². The summed E-state index contributed by atoms with van der Waals surface area (Å²) in [5.41, 5.74) is 2.13. The predicted molar refractivity (Wildman–Crippen MR) is 78.0 cm³/mol. The van der Waals surface area contributed by atoms with Crippen LogP contribution in [0.25, 0.3) is 10.8 Å². The highest BCUT2D eigenvalue weighted by atomic mass is 14.9. The molecule has 0 spiro atoms. The Morgan fingerprint density at radius 1 is 1.16 bits per heavy atom. The molecule has 0 bridgehead atoms. The Labute approximate surface area is 114 Å². The Bertz CT molecular complexity index is 619. The van der Waals surface area contributed by atoms with E-state index in [2.05, 4.69) is 29.6 Å². The highest BCUT2D eigenvalue weighted by Crippen LogP contribution is 2.20. The Balaban J connectivity index is 1.76. The molecular weight excluding hydrogens is 232 g/mol. The highest BCUT2D eigenvalue weighted by molar-refractivity contribution is 5.84. The van der Waals surface area contributed by atoms with Gasteiger partial charge in [-0.25, -0.2) is 0 Å². The molecular formula is C17H18N2. The van der Waals surface area contributed by atoms with Crippen molar-refractivity contribution in [2.45, 2.75) is 31.7 Å². The fourth-order valence-corrected chi connectivity index (χ4v) is 2.86. The first-order chi connectivity index (χ1) is 9.35. The molecule has 0 saturated carbocycles. The molecule has 2 nitrogen and oxygen atoms in total. The number of rotatable bonds is 3. The average molecular weight is 250 g/mol. The van der Waals surface area contributed by atoms with Crippen molar-refractivity contribution < 1.29 is 0 Å². The minimum Gasteiger partial charge on any atom is -0.314 e. The van der Waals surface area contributed by atoms with Crippen molar-refractivity contribution in [1.29, 1.82) is 5.26 Å². The Kier molecular flexibility index (Phi) is 3.48. The summed E-state index contributed by atoms with van der Waals surface area (Å²) in [4.78, 5) is 0. The van der Waals surface area contributed by atoms with Crippen molar-refractivity contribution in [2.75, 3.05) is 6.54 Å². The second-order valence-corrected chi connectivity index (χ2v) is 5.34. The fourth-order valence-electron chi connectivity index (χ4n) is 2.86. The average Bonchev–Trinajstić information content (AvgIpc) is 2.97. The van der Waals surface area contributed by atoms with Gasteiger partial charge >= 0.3 is 0 Å². The first-order valence-corrected chi connectivity index (χ1v) is 7.01. The minimum absolute atomic E-state index is 0.705. The van der Waals surface area contributed by atoms with Crippen LogP contribution >= 0.6 is 0 Å². The zero-order valence-electron chi connectivity index (χ0n) is 11.0. The first-order valence-electron chi connectivity index (χ1n) is 7.01. The number of hydrogen-bond acceptors (Lipinski definition) is 2. The third kappa shape index (κ3) is 2.77. The summed E-state index contributed by atoms with van der Waals surface area (Å²) in [6.07, 6.45) is 4.99. The molecule has 0 amide bonds. The van der Waals surface area contributed by atoms with E-state index in [9.17, 15) is 0 Å². The highest BCUT2D eigenvalue weighted by Gasteiger charge is 2.13. The minimum atomic E-state index is 0.705. The van der Waals surface area contributed by atoms with Gasteiger partial charge in [-0.1, -0.05) is 24.3 Å². The van der Waals surface area contributed by atoms with Gasteiger partial charge < -0.3 is 5.32 Å². The van der Waals surface area contributed by atoms with Crippen molar-refractivity contribution in [2.24, 2.45) is 0 Å². The standard InChI is InChI=1S/C17H18N2/c18-12-14-4-7-15-10-13(3-6-16(15)11-14)5-8-17-2-1-9-19-17/h3-4,6-7,10-11,17,19H,1-2,5,8-9H2/t17-/m1/s1. The van der Waals surface area contributed by atoms with Crippen LogP contribution in [-0.2, 0) is 6.42 Å². The van der Waals surface area contributed by atoms with Gasteiger partial charge in [-0.15, -0.1) is 0 Å². The number of hydrogen-bond donors (Lipinski definition) is 1. The van der Waals surface area contributed by atoms with E-state index in [1.54, 1.807) is 0 Å². The number of fused-ring (bicyclic) bond motifs is 1. The zero-order valence-corrected chi connectivity index (χ0v) is 11.0. The number of nitrogens with zero attached hydrogens (tertiary/aromatic N) is 1. The van der Waals surface area contributed by atoms with Gasteiger partial charge in [0.1, 0.15) is 0 Å². The molecule has 96 valence electrons. The van der Waals surface area contributed by atoms with E-state index in [1.165, 1.54) is 36.8 Å². The summed E-state index contributed by atoms with van der Waals surface area (Å²) in [6.45, 7) is 1.18. The van der Waals surface area contributed by atoms with Gasteiger partial charge in [0.25, 0.3) is 0 Å². The molecule has 1 N–H and O–H groups in total. The molecule has 2 aromatic carbocycles. The topological polar surface area (TPSA) is 35.8 Å². The van der Waals surface area contributed by atoms with E-state index in [-0.39, 0.29) is 0 Å². The third-order valence-corrected chi connectivity index (χ3v) is 3.98. The smallest absolute Gasteiger partial charge is 0.0991 e. The molecule has 19 heavy (non-hydrogen) atoms. The van der Waals surface area contributed by atoms with Crippen LogP contribution in [0.1, 0.15) is 30.4 Å². The summed E-state index contributed by atoms with van der Waals surface area (Å²) < 4.78 is 0. The van der Waals surface area contributed by atoms with Gasteiger partial charge in [-0.05, 0) is 60.7 Å². The van der Waals surface area contributed by atoms with E-state index in [0.29, 0.717) is 6.04 Å². The van der Waals surface area contributed by atoms with Gasteiger partial charge in [0.2, 0.25) is 0 Å². The lowest BCUT2D eigenvalue weighted by Crippen LogP contribution is -2.21. The lowest BCUT2D eigenvalue weighted by atomic mass is 10.00. The largest absolute Gasteiger partial charge is 0.314 e. The molecule has 1 saturated heterocycles. The van der Waals surface area contributed by atoms with Gasteiger partial charge in [0, 0.05) is 6.04 Å². The second kappa shape index (κ2) is 5.42. The first kappa shape index (κ1) is 12.2. The van der Waals surface area contributed by atoms with Crippen LogP contribution in [0.15, 0.2) is 36.4 Å². The van der Waals surface area contributed by atoms with E-state index in [1.807, 2.05) is 18.2 Å². The summed E-state index contributed by atoms with van der Waals surface area (Å²) in [7, 11) is 0. The summed E-state index contributed by atoms with van der Waals surface area (Å²) in [5.74, 6) is 0. The van der Waals surface area contributed by atoms with Crippen LogP contribution in [0.4, 0.5) is 0 Å². The van der Waals surface area contributed by atoms with Crippen molar-refractivity contribution >= 4 is 10.8 Å². The quantitative estimate of drug-likeness (QED) is 0.906. The monoisotopic (exact) mass is 250 g/mol. The van der Waals surface area contributed by atoms with E-state index >= 15 is 0 Å². The zero-order chi connectivity index (χ0) is 13.1. The molecule has 2 aromatic rings. The predicted octanol–water partition coefficient (Wildman–Crippen LogP) is 3.40. The fraction of sp³-hybridized carbons (Fsp3) is 0.353. The molecule has 0 aliphatic carbocycles. The Morgan fingerprint density at radius 3 is 2.79 bits per heavy atom. The van der Waals surface area contributed by atoms with E-state index in [0.717, 1.165) is 17.4 Å². The molecule has 0 aromatic heterocycles. The van der Waals surface area contributed by atoms with Crippen LogP contribution < -0.4 is 5.32 Å². The SMILES string of the molecule is N#Cc1ccc2cc(CC[C@H]3CCCN3)ccc2c1. The van der Waals surface area contributed by atoms with Crippen LogP contribution in [0, 0.1) is 11.3 Å². The van der Waals surface area contributed by atoms with Gasteiger partial charge in [0.05, 0.1) is 11.6 Å². The molecule has 0 unspecified atom stereocenters. The maximum absolute atomic E-state index is 8.90. The number of nitrogens with one attached hydrogen (secondary N) is 1. The molecule has 1 aliphatic heterocycles. The number of benzene rings is 2. The van der Waals surface area contributed by atoms with Crippen molar-refractivity contribution in [3.05, 3.63) is 47.5 Å². The molecule has 3 rings (SSSR count). The third-order valence-electron chi connectivity index (χ3n) is 3.98. The van der Waals surface area contributed by atoms with E-state index < -0.39 is 0 Å². The Morgan fingerprint density at radius 2 is 2.00 bits per heavy atom. The second-order valence-electron chi connectivity index (χ2n) is 5.34. The van der Waals surface area contributed by atoms with Gasteiger partial charge in [-0.2, -0.15) is 5.26 Å². The normalized spacial score (nSPS) is 18.6. The molecule has 1 fully saturated rings. The lowest BCUT2D eigenvalue weighted by molar-refractivity contribution is 0.559. The van der Waals surface area contributed by atoms with Crippen molar-refractivity contribution in [3.63, 3.8) is 0 Å². The van der Waals surface area contributed by atoms with E-state index in [4.69, 9.17) is 5.26 Å². The molecule has 1 atom stereocenters. The van der Waals surface area contributed by atoms with Crippen LogP contribution in [0.2, 0.25) is 0 Å². The van der Waals surface area contributed by atoms with Crippen LogP contribution in [0.3, 0.4) is 0 Å². The molecule has 2 heteroatoms. The number of aryl methyl sites for hydroxylation is 1. The van der Waals surface area contributed by atoms with Crippen LogP contribution in [0.5, 0.6) is 0 Å². The molecule has 1 heterocycles. The maximum atomic E-state index is 8.90. The summed E-state index contributed by atoms with van der Waals surface area (Å²) >= 11 is 0.